The van der Waals surface area contributed by atoms with Gasteiger partial charge in [-0.2, -0.15) is 0 Å². The standard InChI is InChI=1S/C16H26N2O2/c1-4-16(2,19-3)15(18-17)11-14-13-8-6-5-7-12(13)9-10-20-14/h5-8,14-15,18H,4,9-11,17H2,1-3H3. The summed E-state index contributed by atoms with van der Waals surface area (Å²) in [5.41, 5.74) is 5.30. The number of rotatable bonds is 6. The summed E-state index contributed by atoms with van der Waals surface area (Å²) in [6, 6.07) is 8.55. The van der Waals surface area contributed by atoms with Crippen LogP contribution in [-0.2, 0) is 15.9 Å². The van der Waals surface area contributed by atoms with E-state index in [-0.39, 0.29) is 17.7 Å². The van der Waals surface area contributed by atoms with Gasteiger partial charge in [0.15, 0.2) is 0 Å². The Kier molecular flexibility index (Phi) is 5.16. The van der Waals surface area contributed by atoms with E-state index in [1.54, 1.807) is 7.11 Å². The highest BCUT2D eigenvalue weighted by Crippen LogP contribution is 2.33. The second-order valence-corrected chi connectivity index (χ2v) is 5.63. The quantitative estimate of drug-likeness (QED) is 0.619. The predicted octanol–water partition coefficient (Wildman–Crippen LogP) is 2.34. The number of hydrogen-bond donors (Lipinski definition) is 2. The molecule has 2 rings (SSSR count). The molecular weight excluding hydrogens is 252 g/mol. The van der Waals surface area contributed by atoms with Crippen LogP contribution >= 0.6 is 0 Å². The summed E-state index contributed by atoms with van der Waals surface area (Å²) in [4.78, 5) is 0. The molecule has 0 saturated carbocycles. The molecule has 3 atom stereocenters. The zero-order chi connectivity index (χ0) is 14.6. The molecular formula is C16H26N2O2. The maximum absolute atomic E-state index is 5.97. The van der Waals surface area contributed by atoms with E-state index in [0.29, 0.717) is 0 Å². The van der Waals surface area contributed by atoms with Gasteiger partial charge in [-0.15, -0.1) is 0 Å². The Morgan fingerprint density at radius 2 is 2.25 bits per heavy atom. The van der Waals surface area contributed by atoms with Crippen LogP contribution in [0.2, 0.25) is 0 Å². The third-order valence-electron chi connectivity index (χ3n) is 4.65. The van der Waals surface area contributed by atoms with Crippen molar-refractivity contribution in [2.45, 2.75) is 50.9 Å². The first kappa shape index (κ1) is 15.4. The van der Waals surface area contributed by atoms with E-state index in [9.17, 15) is 0 Å². The van der Waals surface area contributed by atoms with E-state index in [0.717, 1.165) is 25.9 Å². The van der Waals surface area contributed by atoms with Crippen LogP contribution in [0.5, 0.6) is 0 Å². The van der Waals surface area contributed by atoms with Gasteiger partial charge in [-0.1, -0.05) is 31.2 Å². The first-order valence-corrected chi connectivity index (χ1v) is 7.35. The van der Waals surface area contributed by atoms with Gasteiger partial charge < -0.3 is 9.47 Å². The molecule has 112 valence electrons. The maximum atomic E-state index is 5.97. The maximum Gasteiger partial charge on any atom is 0.0844 e. The minimum atomic E-state index is -0.287. The number of nitrogens with one attached hydrogen (secondary N) is 1. The Labute approximate surface area is 121 Å². The lowest BCUT2D eigenvalue weighted by Gasteiger charge is -2.38. The molecule has 1 aliphatic heterocycles. The number of fused-ring (bicyclic) bond motifs is 1. The molecule has 0 saturated heterocycles. The van der Waals surface area contributed by atoms with E-state index >= 15 is 0 Å². The SMILES string of the molecule is CCC(C)(OC)C(CC1OCCc2ccccc21)NN. The van der Waals surface area contributed by atoms with Crippen molar-refractivity contribution < 1.29 is 9.47 Å². The average Bonchev–Trinajstić information content (AvgIpc) is 2.52. The molecule has 0 amide bonds. The zero-order valence-electron chi connectivity index (χ0n) is 12.7. The molecule has 1 aliphatic rings. The Balaban J connectivity index is 2.17. The van der Waals surface area contributed by atoms with Gasteiger partial charge in [0, 0.05) is 7.11 Å². The smallest absolute Gasteiger partial charge is 0.0844 e. The lowest BCUT2D eigenvalue weighted by atomic mass is 9.86. The summed E-state index contributed by atoms with van der Waals surface area (Å²) in [6.07, 6.45) is 2.78. The van der Waals surface area contributed by atoms with Gasteiger partial charge in [0.1, 0.15) is 0 Å². The highest BCUT2D eigenvalue weighted by atomic mass is 16.5. The van der Waals surface area contributed by atoms with E-state index in [1.807, 2.05) is 0 Å². The fourth-order valence-corrected chi connectivity index (χ4v) is 2.91. The molecule has 3 unspecified atom stereocenters. The van der Waals surface area contributed by atoms with E-state index in [1.165, 1.54) is 11.1 Å². The minimum Gasteiger partial charge on any atom is -0.377 e. The number of methoxy groups -OCH3 is 1. The minimum absolute atomic E-state index is 0.0497. The molecule has 1 heterocycles. The third kappa shape index (κ3) is 3.04. The Morgan fingerprint density at radius 1 is 1.50 bits per heavy atom. The lowest BCUT2D eigenvalue weighted by Crippen LogP contribution is -2.53. The fourth-order valence-electron chi connectivity index (χ4n) is 2.91. The van der Waals surface area contributed by atoms with Crippen LogP contribution in [0, 0.1) is 0 Å². The van der Waals surface area contributed by atoms with E-state index in [4.69, 9.17) is 15.3 Å². The molecule has 1 aromatic rings. The summed E-state index contributed by atoms with van der Waals surface area (Å²) in [6.45, 7) is 4.98. The summed E-state index contributed by atoms with van der Waals surface area (Å²) >= 11 is 0. The summed E-state index contributed by atoms with van der Waals surface area (Å²) in [5, 5.41) is 0. The second kappa shape index (κ2) is 6.68. The number of nitrogens with two attached hydrogens (primary N) is 1. The van der Waals surface area contributed by atoms with Gasteiger partial charge >= 0.3 is 0 Å². The summed E-state index contributed by atoms with van der Waals surface area (Å²) in [7, 11) is 1.74. The monoisotopic (exact) mass is 278 g/mol. The lowest BCUT2D eigenvalue weighted by molar-refractivity contribution is -0.0535. The summed E-state index contributed by atoms with van der Waals surface area (Å²) in [5.74, 6) is 5.76. The highest BCUT2D eigenvalue weighted by molar-refractivity contribution is 5.31. The van der Waals surface area contributed by atoms with Crippen molar-refractivity contribution >= 4 is 0 Å². The largest absolute Gasteiger partial charge is 0.377 e. The first-order chi connectivity index (χ1) is 9.64. The zero-order valence-corrected chi connectivity index (χ0v) is 12.7. The van der Waals surface area contributed by atoms with Gasteiger partial charge in [0.25, 0.3) is 0 Å². The predicted molar refractivity (Wildman–Crippen MR) is 80.3 cm³/mol. The van der Waals surface area contributed by atoms with Crippen molar-refractivity contribution in [3.63, 3.8) is 0 Å². The van der Waals surface area contributed by atoms with Crippen molar-refractivity contribution in [1.82, 2.24) is 5.43 Å². The molecule has 4 nitrogen and oxygen atoms in total. The summed E-state index contributed by atoms with van der Waals surface area (Å²) < 4.78 is 11.6. The van der Waals surface area contributed by atoms with E-state index in [2.05, 4.69) is 43.5 Å². The Morgan fingerprint density at radius 3 is 2.90 bits per heavy atom. The van der Waals surface area contributed by atoms with Crippen molar-refractivity contribution in [1.29, 1.82) is 0 Å². The molecule has 0 aliphatic carbocycles. The number of benzene rings is 1. The van der Waals surface area contributed by atoms with Crippen molar-refractivity contribution in [3.8, 4) is 0 Å². The number of ether oxygens (including phenoxy) is 2. The van der Waals surface area contributed by atoms with Gasteiger partial charge in [-0.25, -0.2) is 0 Å². The number of hydrogen-bond acceptors (Lipinski definition) is 4. The van der Waals surface area contributed by atoms with Crippen LogP contribution in [0.3, 0.4) is 0 Å². The average molecular weight is 278 g/mol. The van der Waals surface area contributed by atoms with Crippen LogP contribution in [0.15, 0.2) is 24.3 Å². The molecule has 0 aromatic heterocycles. The molecule has 1 aromatic carbocycles. The second-order valence-electron chi connectivity index (χ2n) is 5.63. The van der Waals surface area contributed by atoms with Crippen LogP contribution < -0.4 is 11.3 Å². The van der Waals surface area contributed by atoms with Crippen molar-refractivity contribution in [3.05, 3.63) is 35.4 Å². The van der Waals surface area contributed by atoms with Crippen LogP contribution in [0.25, 0.3) is 0 Å². The van der Waals surface area contributed by atoms with Crippen molar-refractivity contribution in [2.75, 3.05) is 13.7 Å². The fraction of sp³-hybridized carbons (Fsp3) is 0.625. The Hall–Kier alpha value is -0.940. The highest BCUT2D eigenvalue weighted by Gasteiger charge is 2.35. The molecule has 0 bridgehead atoms. The van der Waals surface area contributed by atoms with Gasteiger partial charge in [0.05, 0.1) is 24.4 Å². The van der Waals surface area contributed by atoms with Gasteiger partial charge in [-0.3, -0.25) is 11.3 Å². The molecule has 20 heavy (non-hydrogen) atoms. The normalized spacial score (nSPS) is 22.9. The van der Waals surface area contributed by atoms with Crippen LogP contribution in [0.4, 0.5) is 0 Å². The molecule has 4 heteroatoms. The molecule has 0 spiro atoms. The molecule has 0 radical (unpaired) electrons. The molecule has 3 N–H and O–H groups in total. The van der Waals surface area contributed by atoms with Crippen molar-refractivity contribution in [2.24, 2.45) is 5.84 Å². The Bertz CT molecular complexity index is 432. The number of hydrazine groups is 1. The first-order valence-electron chi connectivity index (χ1n) is 7.35. The van der Waals surface area contributed by atoms with Crippen LogP contribution in [-0.4, -0.2) is 25.4 Å². The van der Waals surface area contributed by atoms with E-state index < -0.39 is 0 Å². The topological polar surface area (TPSA) is 56.5 Å². The van der Waals surface area contributed by atoms with Gasteiger partial charge in [-0.05, 0) is 37.3 Å². The van der Waals surface area contributed by atoms with Gasteiger partial charge in [0.2, 0.25) is 0 Å². The molecule has 0 fully saturated rings. The third-order valence-corrected chi connectivity index (χ3v) is 4.65. The van der Waals surface area contributed by atoms with Crippen LogP contribution in [0.1, 0.15) is 43.9 Å².